The zero-order valence-electron chi connectivity index (χ0n) is 21.0. The van der Waals surface area contributed by atoms with Crippen LogP contribution in [0.25, 0.3) is 39.8 Å². The summed E-state index contributed by atoms with van der Waals surface area (Å²) in [5, 5.41) is 2.57. The Hall–Kier alpha value is -3.59. The predicted octanol–water partition coefficient (Wildman–Crippen LogP) is 8.69. The van der Waals surface area contributed by atoms with E-state index in [9.17, 15) is 0 Å². The molecule has 174 valence electrons. The van der Waals surface area contributed by atoms with Crippen molar-refractivity contribution in [1.29, 1.82) is 0 Å². The molecule has 34 heavy (non-hydrogen) atoms. The summed E-state index contributed by atoms with van der Waals surface area (Å²) in [5.74, 6) is 0.916. The number of hydrogen-bond donors (Lipinski definition) is 0. The molecule has 0 radical (unpaired) electrons. The second kappa shape index (κ2) is 9.72. The molecule has 0 amide bonds. The summed E-state index contributed by atoms with van der Waals surface area (Å²) in [6.45, 7) is 14.5. The lowest BCUT2D eigenvalue weighted by Crippen LogP contribution is -2.20. The third kappa shape index (κ3) is 4.07. The maximum Gasteiger partial charge on any atom is 0.136 e. The van der Waals surface area contributed by atoms with E-state index in [-0.39, 0.29) is 5.41 Å². The normalized spacial score (nSPS) is 18.4. The minimum Gasteiger partial charge on any atom is -0.310 e. The highest BCUT2D eigenvalue weighted by molar-refractivity contribution is 6.10. The van der Waals surface area contributed by atoms with Gasteiger partial charge in [0.2, 0.25) is 0 Å². The molecule has 2 aromatic carbocycles. The van der Waals surface area contributed by atoms with E-state index < -0.39 is 0 Å². The Morgan fingerprint density at radius 3 is 2.21 bits per heavy atom. The van der Waals surface area contributed by atoms with Gasteiger partial charge in [-0.15, -0.1) is 0 Å². The molecule has 5 rings (SSSR count). The summed E-state index contributed by atoms with van der Waals surface area (Å²) in [4.78, 5) is 5.00. The molecule has 3 nitrogen and oxygen atoms in total. The van der Waals surface area contributed by atoms with Crippen molar-refractivity contribution in [1.82, 2.24) is 14.1 Å². The maximum atomic E-state index is 5.00. The average Bonchev–Trinajstić information content (AvgIpc) is 3.39. The van der Waals surface area contributed by atoms with Crippen molar-refractivity contribution in [2.75, 3.05) is 0 Å². The van der Waals surface area contributed by atoms with Crippen LogP contribution in [-0.2, 0) is 5.41 Å². The molecule has 1 aliphatic rings. The predicted molar refractivity (Wildman–Crippen MR) is 149 cm³/mol. The number of fused-ring (bicyclic) bond motifs is 3. The van der Waals surface area contributed by atoms with Gasteiger partial charge in [-0.3, -0.25) is 0 Å². The molecule has 0 aliphatic heterocycles. The molecule has 0 saturated carbocycles. The lowest BCUT2D eigenvalue weighted by atomic mass is 9.82. The van der Waals surface area contributed by atoms with Gasteiger partial charge in [-0.25, -0.2) is 4.98 Å². The largest absolute Gasteiger partial charge is 0.310 e. The van der Waals surface area contributed by atoms with E-state index in [1.165, 1.54) is 33.1 Å². The highest BCUT2D eigenvalue weighted by Crippen LogP contribution is 2.39. The van der Waals surface area contributed by atoms with Crippen molar-refractivity contribution < 1.29 is 0 Å². The minimum atomic E-state index is -0.194. The lowest BCUT2D eigenvalue weighted by Gasteiger charge is -2.24. The fraction of sp³-hybridized carbons (Fsp3) is 0.258. The number of para-hydroxylation sites is 2. The average molecular weight is 450 g/mol. The van der Waals surface area contributed by atoms with Gasteiger partial charge in [0.15, 0.2) is 0 Å². The van der Waals surface area contributed by atoms with E-state index in [4.69, 9.17) is 4.98 Å². The Morgan fingerprint density at radius 1 is 1.00 bits per heavy atom. The van der Waals surface area contributed by atoms with Crippen molar-refractivity contribution >= 4 is 39.8 Å². The van der Waals surface area contributed by atoms with Crippen LogP contribution < -0.4 is 0 Å². The topological polar surface area (TPSA) is 22.8 Å². The summed E-state index contributed by atoms with van der Waals surface area (Å²) in [6.07, 6.45) is 14.8. The number of nitrogens with zero attached hydrogens (tertiary/aromatic N) is 3. The van der Waals surface area contributed by atoms with Crippen LogP contribution in [0.15, 0.2) is 85.1 Å². The highest BCUT2D eigenvalue weighted by Gasteiger charge is 2.30. The second-order valence-electron chi connectivity index (χ2n) is 8.92. The summed E-state index contributed by atoms with van der Waals surface area (Å²) in [7, 11) is 0. The van der Waals surface area contributed by atoms with Crippen LogP contribution in [0.3, 0.4) is 0 Å². The Labute approximate surface area is 203 Å². The molecule has 0 spiro atoms. The number of rotatable bonds is 4. The van der Waals surface area contributed by atoms with E-state index in [1.807, 2.05) is 43.7 Å². The molecule has 1 unspecified atom stereocenters. The van der Waals surface area contributed by atoms with Gasteiger partial charge in [0, 0.05) is 34.3 Å². The van der Waals surface area contributed by atoms with Crippen LogP contribution in [0.4, 0.5) is 0 Å². The van der Waals surface area contributed by atoms with Crippen LogP contribution in [0.1, 0.15) is 59.0 Å². The second-order valence-corrected chi connectivity index (χ2v) is 8.92. The van der Waals surface area contributed by atoms with Crippen LogP contribution in [0.2, 0.25) is 0 Å². The van der Waals surface area contributed by atoms with Crippen molar-refractivity contribution in [2.24, 2.45) is 0 Å². The Balaban J connectivity index is 0.00000133. The van der Waals surface area contributed by atoms with Crippen LogP contribution in [0.5, 0.6) is 0 Å². The first-order valence-electron chi connectivity index (χ1n) is 12.3. The van der Waals surface area contributed by atoms with Crippen LogP contribution >= 0.6 is 0 Å². The summed E-state index contributed by atoms with van der Waals surface area (Å²) in [5.41, 5.74) is 5.95. The Bertz CT molecular complexity index is 1370. The molecular weight excluding hydrogens is 414 g/mol. The third-order valence-electron chi connectivity index (χ3n) is 6.60. The number of aromatic nitrogens is 3. The standard InChI is InChI=1S/C29H29N3.C2H6/c1-5-11-28-30-27(20-31(28)6-2)29(4)17-16-21(3)18-22(19-29)32-25-14-9-7-12-23(25)24-13-8-10-15-26(24)32;1-2/h5-15,18-20H,2,16-17H2,1,3-4H3;1-2H3/b11-5-;. The molecule has 4 aromatic rings. The summed E-state index contributed by atoms with van der Waals surface area (Å²) < 4.78 is 4.43. The molecule has 2 aromatic heterocycles. The zero-order valence-corrected chi connectivity index (χ0v) is 21.0. The van der Waals surface area contributed by atoms with Gasteiger partial charge >= 0.3 is 0 Å². The van der Waals surface area contributed by atoms with Crippen molar-refractivity contribution in [3.05, 3.63) is 96.6 Å². The smallest absolute Gasteiger partial charge is 0.136 e. The van der Waals surface area contributed by atoms with E-state index in [0.717, 1.165) is 24.4 Å². The highest BCUT2D eigenvalue weighted by atomic mass is 15.1. The SMILES string of the molecule is C=Cn1cc(C2(C)C=C(n3c4ccccc4c4ccccc43)C=C(C)CC2)nc1/C=C\C.CC. The van der Waals surface area contributed by atoms with Crippen molar-refractivity contribution in [3.8, 4) is 0 Å². The van der Waals surface area contributed by atoms with Gasteiger partial charge in [0.05, 0.1) is 16.7 Å². The molecular formula is C31H35N3. The van der Waals surface area contributed by atoms with Gasteiger partial charge in [-0.05, 0) is 57.0 Å². The van der Waals surface area contributed by atoms with E-state index in [2.05, 4.69) is 91.9 Å². The molecule has 1 aliphatic carbocycles. The molecule has 0 saturated heterocycles. The van der Waals surface area contributed by atoms with Gasteiger partial charge in [0.25, 0.3) is 0 Å². The van der Waals surface area contributed by atoms with Gasteiger partial charge in [0.1, 0.15) is 5.82 Å². The summed E-state index contributed by atoms with van der Waals surface area (Å²) in [6, 6.07) is 17.4. The fourth-order valence-electron chi connectivity index (χ4n) is 4.86. The molecule has 0 bridgehead atoms. The van der Waals surface area contributed by atoms with E-state index in [0.29, 0.717) is 0 Å². The number of benzene rings is 2. The number of hydrogen-bond acceptors (Lipinski definition) is 1. The fourth-order valence-corrected chi connectivity index (χ4v) is 4.86. The number of imidazole rings is 1. The first kappa shape index (κ1) is 23.6. The zero-order chi connectivity index (χ0) is 24.3. The van der Waals surface area contributed by atoms with Crippen molar-refractivity contribution in [3.63, 3.8) is 0 Å². The first-order valence-corrected chi connectivity index (χ1v) is 12.3. The monoisotopic (exact) mass is 449 g/mol. The molecule has 0 N–H and O–H groups in total. The molecule has 1 atom stereocenters. The van der Waals surface area contributed by atoms with Crippen molar-refractivity contribution in [2.45, 2.75) is 52.9 Å². The molecule has 3 heteroatoms. The van der Waals surface area contributed by atoms with Gasteiger partial charge < -0.3 is 9.13 Å². The van der Waals surface area contributed by atoms with Crippen LogP contribution in [0, 0.1) is 0 Å². The Morgan fingerprint density at radius 2 is 1.62 bits per heavy atom. The lowest BCUT2D eigenvalue weighted by molar-refractivity contribution is 0.528. The van der Waals surface area contributed by atoms with Gasteiger partial charge in [-0.2, -0.15) is 0 Å². The maximum absolute atomic E-state index is 5.00. The van der Waals surface area contributed by atoms with E-state index >= 15 is 0 Å². The molecule has 0 fully saturated rings. The summed E-state index contributed by atoms with van der Waals surface area (Å²) >= 11 is 0. The van der Waals surface area contributed by atoms with E-state index in [1.54, 1.807) is 0 Å². The first-order chi connectivity index (χ1) is 16.5. The van der Waals surface area contributed by atoms with Crippen LogP contribution in [-0.4, -0.2) is 14.1 Å². The molecule has 2 heterocycles. The minimum absolute atomic E-state index is 0.194. The quantitative estimate of drug-likeness (QED) is 0.305. The van der Waals surface area contributed by atoms with Gasteiger partial charge in [-0.1, -0.05) is 75.4 Å². The Kier molecular flexibility index (Phi) is 6.74. The number of allylic oxidation sites excluding steroid dienone is 5. The third-order valence-corrected chi connectivity index (χ3v) is 6.60.